The van der Waals surface area contributed by atoms with Gasteiger partial charge >= 0.3 is 0 Å². The van der Waals surface area contributed by atoms with Gasteiger partial charge in [-0.3, -0.25) is 14.4 Å². The Morgan fingerprint density at radius 3 is 1.97 bits per heavy atom. The lowest BCUT2D eigenvalue weighted by atomic mass is 9.95. The molecule has 8 heteroatoms. The fraction of sp³-hybridized carbons (Fsp3) is 0.375. The molecule has 0 heterocycles. The predicted octanol–water partition coefficient (Wildman–Crippen LogP) is 2.97. The van der Waals surface area contributed by atoms with E-state index in [-0.39, 0.29) is 12.5 Å². The summed E-state index contributed by atoms with van der Waals surface area (Å²) in [7, 11) is 0. The first-order chi connectivity index (χ1) is 15.3. The molecule has 0 bridgehead atoms. The molecule has 0 fully saturated rings. The summed E-state index contributed by atoms with van der Waals surface area (Å²) in [6.07, 6.45) is 0. The monoisotopic (exact) mass is 473 g/mol. The second kappa shape index (κ2) is 13.2. The van der Waals surface area contributed by atoms with E-state index in [0.717, 1.165) is 11.3 Å². The highest BCUT2D eigenvalue weighted by Crippen LogP contribution is 2.25. The molecule has 2 aromatic carbocycles. The second-order valence-corrected chi connectivity index (χ2v) is 10.1. The molecule has 2 aromatic rings. The number of hydrogen-bond donors (Lipinski definition) is 3. The summed E-state index contributed by atoms with van der Waals surface area (Å²) in [5.74, 6) is 1.29. The van der Waals surface area contributed by atoms with Crippen LogP contribution in [0, 0.1) is 5.41 Å². The molecule has 0 aliphatic heterocycles. The Kier molecular flexibility index (Phi) is 10.6. The maximum Gasteiger partial charge on any atom is 0.243 e. The number of carbonyl (C=O) groups excluding carboxylic acids is 3. The highest BCUT2D eigenvalue weighted by molar-refractivity contribution is 7.98. The van der Waals surface area contributed by atoms with Crippen LogP contribution in [0.1, 0.15) is 25.0 Å². The normalized spacial score (nSPS) is 12.1. The smallest absolute Gasteiger partial charge is 0.243 e. The van der Waals surface area contributed by atoms with Crippen LogP contribution in [0.15, 0.2) is 60.7 Å². The minimum atomic E-state index is -0.756. The Morgan fingerprint density at radius 2 is 1.44 bits per heavy atom. The minimum absolute atomic E-state index is 0.197. The molecule has 4 N–H and O–H groups in total. The number of amides is 3. The Bertz CT molecular complexity index is 877. The second-order valence-electron chi connectivity index (χ2n) is 8.07. The topological polar surface area (TPSA) is 101 Å². The van der Waals surface area contributed by atoms with Gasteiger partial charge in [-0.05, 0) is 11.1 Å². The van der Waals surface area contributed by atoms with Crippen molar-refractivity contribution >= 4 is 41.2 Å². The van der Waals surface area contributed by atoms with Crippen LogP contribution >= 0.6 is 23.5 Å². The van der Waals surface area contributed by atoms with Gasteiger partial charge in [0, 0.05) is 23.0 Å². The van der Waals surface area contributed by atoms with E-state index in [9.17, 15) is 14.4 Å². The van der Waals surface area contributed by atoms with E-state index in [4.69, 9.17) is 5.73 Å². The number of thioether (sulfide) groups is 2. The van der Waals surface area contributed by atoms with Crippen LogP contribution in [-0.2, 0) is 25.9 Å². The van der Waals surface area contributed by atoms with Gasteiger partial charge in [-0.15, -0.1) is 0 Å². The highest BCUT2D eigenvalue weighted by Gasteiger charge is 2.31. The van der Waals surface area contributed by atoms with Crippen LogP contribution in [0.4, 0.5) is 0 Å². The number of benzene rings is 2. The number of hydrogen-bond acceptors (Lipinski definition) is 5. The molecule has 0 aromatic heterocycles. The zero-order chi connectivity index (χ0) is 23.4. The number of carbonyl (C=O) groups is 3. The molecule has 32 heavy (non-hydrogen) atoms. The largest absolute Gasteiger partial charge is 0.368 e. The molecule has 2 rings (SSSR count). The third-order valence-corrected chi connectivity index (χ3v) is 7.21. The lowest BCUT2D eigenvalue weighted by Crippen LogP contribution is -2.53. The Labute approximate surface area is 198 Å². The lowest BCUT2D eigenvalue weighted by Gasteiger charge is -2.26. The summed E-state index contributed by atoms with van der Waals surface area (Å²) in [6, 6.07) is 19.2. The molecule has 0 saturated heterocycles. The molecular weight excluding hydrogens is 442 g/mol. The Morgan fingerprint density at radius 1 is 0.906 bits per heavy atom. The number of primary amides is 1. The first-order valence-corrected chi connectivity index (χ1v) is 12.7. The fourth-order valence-corrected chi connectivity index (χ4v) is 4.95. The minimum Gasteiger partial charge on any atom is -0.368 e. The number of rotatable bonds is 13. The van der Waals surface area contributed by atoms with Gasteiger partial charge in [0.05, 0.1) is 12.0 Å². The average molecular weight is 474 g/mol. The maximum atomic E-state index is 13.0. The van der Waals surface area contributed by atoms with Gasteiger partial charge in [-0.25, -0.2) is 0 Å². The summed E-state index contributed by atoms with van der Waals surface area (Å²) in [5.41, 5.74) is 6.82. The average Bonchev–Trinajstić information content (AvgIpc) is 2.78. The molecular formula is C24H31N3O3S2. The van der Waals surface area contributed by atoms with Gasteiger partial charge in [0.2, 0.25) is 17.7 Å². The van der Waals surface area contributed by atoms with Crippen molar-refractivity contribution in [1.82, 2.24) is 10.6 Å². The van der Waals surface area contributed by atoms with Crippen LogP contribution in [-0.4, -0.2) is 41.8 Å². The van der Waals surface area contributed by atoms with Crippen molar-refractivity contribution in [3.05, 3.63) is 71.8 Å². The van der Waals surface area contributed by atoms with E-state index in [1.165, 1.54) is 5.56 Å². The van der Waals surface area contributed by atoms with Crippen molar-refractivity contribution in [2.24, 2.45) is 11.1 Å². The summed E-state index contributed by atoms with van der Waals surface area (Å²) >= 11 is 3.23. The summed E-state index contributed by atoms with van der Waals surface area (Å²) in [5, 5.41) is 5.38. The fourth-order valence-electron chi connectivity index (χ4n) is 2.77. The first-order valence-electron chi connectivity index (χ1n) is 10.4. The highest BCUT2D eigenvalue weighted by atomic mass is 32.2. The van der Waals surface area contributed by atoms with E-state index in [1.807, 2.05) is 62.4 Å². The third-order valence-electron chi connectivity index (χ3n) is 4.64. The Balaban J connectivity index is 1.92. The van der Waals surface area contributed by atoms with Gasteiger partial charge < -0.3 is 16.4 Å². The van der Waals surface area contributed by atoms with Crippen molar-refractivity contribution < 1.29 is 14.4 Å². The van der Waals surface area contributed by atoms with Gasteiger partial charge in [-0.1, -0.05) is 74.5 Å². The number of nitrogens with one attached hydrogen (secondary N) is 2. The number of nitrogens with two attached hydrogens (primary N) is 1. The molecule has 0 spiro atoms. The van der Waals surface area contributed by atoms with E-state index >= 15 is 0 Å². The van der Waals surface area contributed by atoms with E-state index in [0.29, 0.717) is 17.3 Å². The van der Waals surface area contributed by atoms with Crippen molar-refractivity contribution in [2.75, 3.05) is 18.1 Å². The lowest BCUT2D eigenvalue weighted by molar-refractivity contribution is -0.133. The van der Waals surface area contributed by atoms with Crippen molar-refractivity contribution in [2.45, 2.75) is 31.4 Å². The van der Waals surface area contributed by atoms with Crippen molar-refractivity contribution in [3.63, 3.8) is 0 Å². The van der Waals surface area contributed by atoms with E-state index < -0.39 is 23.3 Å². The molecule has 1 atom stereocenters. The molecule has 0 aliphatic carbocycles. The van der Waals surface area contributed by atoms with Crippen LogP contribution in [0.3, 0.4) is 0 Å². The summed E-state index contributed by atoms with van der Waals surface area (Å²) in [4.78, 5) is 36.6. The first kappa shape index (κ1) is 25.8. The molecule has 0 saturated carbocycles. The van der Waals surface area contributed by atoms with Gasteiger partial charge in [0.25, 0.3) is 0 Å². The van der Waals surface area contributed by atoms with Crippen LogP contribution in [0.5, 0.6) is 0 Å². The van der Waals surface area contributed by atoms with E-state index in [1.54, 1.807) is 23.5 Å². The molecule has 6 nitrogen and oxygen atoms in total. The maximum absolute atomic E-state index is 13.0. The van der Waals surface area contributed by atoms with Crippen molar-refractivity contribution in [1.29, 1.82) is 0 Å². The van der Waals surface area contributed by atoms with Gasteiger partial charge in [0.1, 0.15) is 6.04 Å². The quantitative estimate of drug-likeness (QED) is 0.415. The zero-order valence-corrected chi connectivity index (χ0v) is 20.1. The molecule has 0 aliphatic rings. The molecule has 0 unspecified atom stereocenters. The van der Waals surface area contributed by atoms with Crippen LogP contribution in [0.2, 0.25) is 0 Å². The van der Waals surface area contributed by atoms with Gasteiger partial charge in [-0.2, -0.15) is 23.5 Å². The van der Waals surface area contributed by atoms with Crippen LogP contribution < -0.4 is 16.4 Å². The molecule has 172 valence electrons. The third kappa shape index (κ3) is 9.36. The standard InChI is InChI=1S/C24H31N3O3S2/c1-24(2,17-32-15-19-11-7-4-8-12-19)23(30)27-20(22(29)26-13-21(25)28)16-31-14-18-9-5-3-6-10-18/h3-12,20H,13-17H2,1-2H3,(H2,25,28)(H,26,29)(H,27,30)/t20-/m1/s1. The van der Waals surface area contributed by atoms with Gasteiger partial charge in [0.15, 0.2) is 0 Å². The zero-order valence-electron chi connectivity index (χ0n) is 18.5. The van der Waals surface area contributed by atoms with Crippen molar-refractivity contribution in [3.8, 4) is 0 Å². The SMILES string of the molecule is CC(C)(CSCc1ccccc1)C(=O)N[C@H](CSCc1ccccc1)C(=O)NCC(N)=O. The summed E-state index contributed by atoms with van der Waals surface area (Å²) in [6.45, 7) is 3.48. The predicted molar refractivity (Wildman–Crippen MR) is 133 cm³/mol. The molecule has 3 amide bonds. The van der Waals surface area contributed by atoms with Crippen LogP contribution in [0.25, 0.3) is 0 Å². The Hall–Kier alpha value is -2.45. The summed E-state index contributed by atoms with van der Waals surface area (Å²) < 4.78 is 0. The van der Waals surface area contributed by atoms with E-state index in [2.05, 4.69) is 22.8 Å². The molecule has 0 radical (unpaired) electrons.